The van der Waals surface area contributed by atoms with Crippen LogP contribution < -0.4 is 5.69 Å². The zero-order valence-corrected chi connectivity index (χ0v) is 12.2. The third kappa shape index (κ3) is 2.65. The quantitative estimate of drug-likeness (QED) is 0.789. The molecule has 3 aromatic rings. The number of nitrogens with one attached hydrogen (secondary N) is 1. The number of halogens is 1. The van der Waals surface area contributed by atoms with Crippen LogP contribution in [0.2, 0.25) is 0 Å². The van der Waals surface area contributed by atoms with Gasteiger partial charge >= 0.3 is 5.69 Å². The molecule has 0 saturated heterocycles. The average molecular weight is 295 g/mol. The van der Waals surface area contributed by atoms with E-state index in [0.29, 0.717) is 11.4 Å². The van der Waals surface area contributed by atoms with E-state index in [1.807, 2.05) is 32.0 Å². The van der Waals surface area contributed by atoms with Gasteiger partial charge in [0, 0.05) is 11.1 Å². The van der Waals surface area contributed by atoms with Crippen LogP contribution in [0.4, 0.5) is 4.39 Å². The molecule has 1 N–H and O–H groups in total. The molecule has 4 nitrogen and oxygen atoms in total. The molecule has 0 amide bonds. The largest absolute Gasteiger partial charge is 0.348 e. The van der Waals surface area contributed by atoms with Gasteiger partial charge in [-0.25, -0.2) is 14.2 Å². The Kier molecular flexibility index (Phi) is 3.55. The predicted molar refractivity (Wildman–Crippen MR) is 83.0 cm³/mol. The van der Waals surface area contributed by atoms with Crippen molar-refractivity contribution in [1.29, 1.82) is 0 Å². The topological polar surface area (TPSA) is 58.6 Å². The lowest BCUT2D eigenvalue weighted by Crippen LogP contribution is -2.15. The van der Waals surface area contributed by atoms with Crippen molar-refractivity contribution in [2.45, 2.75) is 13.8 Å². The molecule has 0 spiro atoms. The van der Waals surface area contributed by atoms with Gasteiger partial charge in [0.2, 0.25) is 0 Å². The Morgan fingerprint density at radius 3 is 2.36 bits per heavy atom. The highest BCUT2D eigenvalue weighted by Gasteiger charge is 2.11. The molecule has 5 heteroatoms. The molecule has 0 atom stereocenters. The van der Waals surface area contributed by atoms with Crippen molar-refractivity contribution in [3.63, 3.8) is 0 Å². The normalized spacial score (nSPS) is 10.7. The van der Waals surface area contributed by atoms with E-state index in [9.17, 15) is 9.18 Å². The molecular weight excluding hydrogens is 281 g/mol. The lowest BCUT2D eigenvalue weighted by Gasteiger charge is -2.09. The van der Waals surface area contributed by atoms with E-state index in [4.69, 9.17) is 0 Å². The first-order valence-electron chi connectivity index (χ1n) is 6.85. The Morgan fingerprint density at radius 2 is 1.68 bits per heavy atom. The summed E-state index contributed by atoms with van der Waals surface area (Å²) in [7, 11) is 0. The molecule has 0 aliphatic rings. The highest BCUT2D eigenvalue weighted by molar-refractivity contribution is 5.66. The summed E-state index contributed by atoms with van der Waals surface area (Å²) in [6, 6.07) is 11.7. The fourth-order valence-corrected chi connectivity index (χ4v) is 2.45. The Balaban J connectivity index is 2.22. The van der Waals surface area contributed by atoms with E-state index in [2.05, 4.69) is 15.0 Å². The van der Waals surface area contributed by atoms with E-state index in [-0.39, 0.29) is 5.82 Å². The summed E-state index contributed by atoms with van der Waals surface area (Å²) in [6.45, 7) is 3.90. The van der Waals surface area contributed by atoms with Gasteiger partial charge in [0.15, 0.2) is 5.82 Å². The van der Waals surface area contributed by atoms with Crippen LogP contribution in [0.25, 0.3) is 22.8 Å². The average Bonchev–Trinajstić information content (AvgIpc) is 2.46. The Labute approximate surface area is 126 Å². The fourth-order valence-electron chi connectivity index (χ4n) is 2.45. The van der Waals surface area contributed by atoms with Crippen molar-refractivity contribution in [2.24, 2.45) is 0 Å². The first-order chi connectivity index (χ1) is 10.5. The Bertz CT molecular complexity index is 882. The zero-order chi connectivity index (χ0) is 15.7. The Morgan fingerprint density at radius 1 is 1.00 bits per heavy atom. The summed E-state index contributed by atoms with van der Waals surface area (Å²) in [5, 5.41) is 0. The van der Waals surface area contributed by atoms with Gasteiger partial charge in [-0.05, 0) is 37.1 Å². The maximum Gasteiger partial charge on any atom is 0.348 e. The van der Waals surface area contributed by atoms with Crippen LogP contribution in [0.15, 0.2) is 47.3 Å². The SMILES string of the molecule is Cc1cccc(C)c1-c1nc(-c2cccc(F)c2)nc(=O)[nH]1. The summed E-state index contributed by atoms with van der Waals surface area (Å²) in [5.41, 5.74) is 2.82. The van der Waals surface area contributed by atoms with Crippen molar-refractivity contribution in [2.75, 3.05) is 0 Å². The molecule has 3 rings (SSSR count). The predicted octanol–water partition coefficient (Wildman–Crippen LogP) is 3.25. The second kappa shape index (κ2) is 5.52. The third-order valence-corrected chi connectivity index (χ3v) is 3.45. The van der Waals surface area contributed by atoms with Gasteiger partial charge in [-0.2, -0.15) is 4.98 Å². The van der Waals surface area contributed by atoms with Gasteiger partial charge in [-0.3, -0.25) is 4.98 Å². The lowest BCUT2D eigenvalue weighted by molar-refractivity contribution is 0.628. The number of aromatic amines is 1. The van der Waals surface area contributed by atoms with Gasteiger partial charge in [0.05, 0.1) is 0 Å². The standard InChI is InChI=1S/C17H14FN3O/c1-10-5-3-6-11(2)14(10)16-19-15(20-17(22)21-16)12-7-4-8-13(18)9-12/h3-9H,1-2H3,(H,19,20,21,22). The molecule has 1 aromatic heterocycles. The summed E-state index contributed by atoms with van der Waals surface area (Å²) < 4.78 is 13.4. The molecule has 0 bridgehead atoms. The monoisotopic (exact) mass is 295 g/mol. The van der Waals surface area contributed by atoms with Crippen molar-refractivity contribution < 1.29 is 4.39 Å². The Hall–Kier alpha value is -2.82. The summed E-state index contributed by atoms with van der Waals surface area (Å²) in [4.78, 5) is 22.8. The minimum absolute atomic E-state index is 0.209. The van der Waals surface area contributed by atoms with Gasteiger partial charge < -0.3 is 0 Å². The van der Waals surface area contributed by atoms with Crippen molar-refractivity contribution in [3.8, 4) is 22.8 Å². The van der Waals surface area contributed by atoms with Gasteiger partial charge in [0.25, 0.3) is 0 Å². The van der Waals surface area contributed by atoms with Crippen LogP contribution >= 0.6 is 0 Å². The van der Waals surface area contributed by atoms with Gasteiger partial charge in [-0.1, -0.05) is 30.3 Å². The molecule has 0 aliphatic heterocycles. The minimum atomic E-state index is -0.507. The third-order valence-electron chi connectivity index (χ3n) is 3.45. The van der Waals surface area contributed by atoms with Crippen molar-refractivity contribution >= 4 is 0 Å². The van der Waals surface area contributed by atoms with Crippen molar-refractivity contribution in [3.05, 3.63) is 69.9 Å². The minimum Gasteiger partial charge on any atom is -0.290 e. The highest BCUT2D eigenvalue weighted by Crippen LogP contribution is 2.24. The molecule has 22 heavy (non-hydrogen) atoms. The van der Waals surface area contributed by atoms with Gasteiger partial charge in [-0.15, -0.1) is 0 Å². The number of aryl methyl sites for hydroxylation is 2. The number of H-pyrrole nitrogens is 1. The molecule has 2 aromatic carbocycles. The lowest BCUT2D eigenvalue weighted by atomic mass is 10.0. The molecule has 1 heterocycles. The maximum absolute atomic E-state index is 13.4. The van der Waals surface area contributed by atoms with Crippen LogP contribution in [-0.4, -0.2) is 15.0 Å². The molecule has 0 aliphatic carbocycles. The van der Waals surface area contributed by atoms with Crippen LogP contribution in [-0.2, 0) is 0 Å². The van der Waals surface area contributed by atoms with Crippen LogP contribution in [0.3, 0.4) is 0 Å². The van der Waals surface area contributed by atoms with E-state index < -0.39 is 11.5 Å². The van der Waals surface area contributed by atoms with Crippen LogP contribution in [0, 0.1) is 19.7 Å². The number of hydrogen-bond donors (Lipinski definition) is 1. The summed E-state index contributed by atoms with van der Waals surface area (Å²) in [5.74, 6) is 0.255. The second-order valence-corrected chi connectivity index (χ2v) is 5.10. The molecular formula is C17H14FN3O. The summed E-state index contributed by atoms with van der Waals surface area (Å²) >= 11 is 0. The first-order valence-corrected chi connectivity index (χ1v) is 6.85. The fraction of sp³-hybridized carbons (Fsp3) is 0.118. The van der Waals surface area contributed by atoms with E-state index in [1.54, 1.807) is 12.1 Å². The number of hydrogen-bond acceptors (Lipinski definition) is 3. The number of benzene rings is 2. The number of aromatic nitrogens is 3. The van der Waals surface area contributed by atoms with Gasteiger partial charge in [0.1, 0.15) is 11.6 Å². The summed E-state index contributed by atoms with van der Waals surface area (Å²) in [6.07, 6.45) is 0. The maximum atomic E-state index is 13.4. The molecule has 0 unspecified atom stereocenters. The molecule has 110 valence electrons. The zero-order valence-electron chi connectivity index (χ0n) is 12.2. The molecule has 0 saturated carbocycles. The van der Waals surface area contributed by atoms with Crippen LogP contribution in [0.5, 0.6) is 0 Å². The van der Waals surface area contributed by atoms with E-state index >= 15 is 0 Å². The highest BCUT2D eigenvalue weighted by atomic mass is 19.1. The van der Waals surface area contributed by atoms with E-state index in [0.717, 1.165) is 16.7 Å². The van der Waals surface area contributed by atoms with Crippen LogP contribution in [0.1, 0.15) is 11.1 Å². The first kappa shape index (κ1) is 14.1. The number of rotatable bonds is 2. The smallest absolute Gasteiger partial charge is 0.290 e. The van der Waals surface area contributed by atoms with E-state index in [1.165, 1.54) is 12.1 Å². The molecule has 0 radical (unpaired) electrons. The molecule has 0 fully saturated rings. The second-order valence-electron chi connectivity index (χ2n) is 5.10. The van der Waals surface area contributed by atoms with Crippen molar-refractivity contribution in [1.82, 2.24) is 15.0 Å². The number of nitrogens with zero attached hydrogens (tertiary/aromatic N) is 2.